The average molecular weight is 693 g/mol. The van der Waals surface area contributed by atoms with Gasteiger partial charge in [-0.1, -0.05) is 18.2 Å². The van der Waals surface area contributed by atoms with Crippen molar-refractivity contribution in [1.29, 1.82) is 0 Å². The van der Waals surface area contributed by atoms with Crippen LogP contribution in [0.3, 0.4) is 0 Å². The molecule has 1 atom stereocenters. The molecule has 0 saturated carbocycles. The molecule has 0 bridgehead atoms. The van der Waals surface area contributed by atoms with Crippen LogP contribution in [0.25, 0.3) is 0 Å². The fourth-order valence-electron chi connectivity index (χ4n) is 5.05. The number of Topliss-reactive ketones (excluding diaryl/α,β-unsaturated/α-hetero) is 1. The van der Waals surface area contributed by atoms with E-state index < -0.39 is 17.7 Å². The summed E-state index contributed by atoms with van der Waals surface area (Å²) in [5.41, 5.74) is 7.89. The van der Waals surface area contributed by atoms with Crippen molar-refractivity contribution in [2.24, 2.45) is 0 Å². The van der Waals surface area contributed by atoms with E-state index in [-0.39, 0.29) is 30.2 Å². The molecule has 4 rings (SSSR count). The van der Waals surface area contributed by atoms with Crippen LogP contribution in [0.2, 0.25) is 0 Å². The maximum atomic E-state index is 13.7. The number of nitrogens with one attached hydrogen (secondary N) is 2. The quantitative estimate of drug-likeness (QED) is 0.277. The van der Waals surface area contributed by atoms with Gasteiger partial charge in [0.15, 0.2) is 5.78 Å². The lowest BCUT2D eigenvalue weighted by Gasteiger charge is -2.39. The number of likely N-dealkylation sites (tertiary alicyclic amines) is 1. The van der Waals surface area contributed by atoms with Crippen molar-refractivity contribution in [1.82, 2.24) is 15.1 Å². The van der Waals surface area contributed by atoms with Crippen molar-refractivity contribution in [2.75, 3.05) is 30.7 Å². The number of alkyl carbamates (subject to hydrolysis) is 1. The third-order valence-electron chi connectivity index (χ3n) is 7.14. The largest absolute Gasteiger partial charge is 0.444 e. The third-order valence-corrected chi connectivity index (χ3v) is 8.45. The number of ketones is 1. The molecule has 2 aromatic rings. The normalized spacial score (nSPS) is 16.8. The molecule has 2 heterocycles. The van der Waals surface area contributed by atoms with Crippen LogP contribution >= 0.6 is 31.9 Å². The van der Waals surface area contributed by atoms with Crippen molar-refractivity contribution < 1.29 is 23.9 Å². The number of nitrogens with two attached hydrogens (primary N) is 1. The highest BCUT2D eigenvalue weighted by Gasteiger charge is 2.35. The number of halogens is 2. The van der Waals surface area contributed by atoms with Gasteiger partial charge in [-0.3, -0.25) is 9.59 Å². The minimum atomic E-state index is -1.13. The molecule has 10 nitrogen and oxygen atoms in total. The predicted molar refractivity (Wildman–Crippen MR) is 164 cm³/mol. The van der Waals surface area contributed by atoms with Crippen LogP contribution in [0, 0.1) is 0 Å². The summed E-state index contributed by atoms with van der Waals surface area (Å²) in [6, 6.07) is 9.66. The lowest BCUT2D eigenvalue weighted by Crippen LogP contribution is -2.55. The van der Waals surface area contributed by atoms with Crippen molar-refractivity contribution in [3.63, 3.8) is 0 Å². The van der Waals surface area contributed by atoms with Crippen LogP contribution in [0.1, 0.15) is 56.0 Å². The Morgan fingerprint density at radius 3 is 2.37 bits per heavy atom. The van der Waals surface area contributed by atoms with Crippen LogP contribution in [-0.4, -0.2) is 70.9 Å². The number of ether oxygens (including phenoxy) is 1. The van der Waals surface area contributed by atoms with Crippen molar-refractivity contribution >= 4 is 67.0 Å². The van der Waals surface area contributed by atoms with Gasteiger partial charge in [0.2, 0.25) is 5.91 Å². The molecule has 1 fully saturated rings. The van der Waals surface area contributed by atoms with Gasteiger partial charge in [-0.25, -0.2) is 9.59 Å². The van der Waals surface area contributed by atoms with E-state index in [1.165, 1.54) is 0 Å². The Bertz CT molecular complexity index is 1310. The lowest BCUT2D eigenvalue weighted by atomic mass is 9.99. The summed E-state index contributed by atoms with van der Waals surface area (Å²) in [5.74, 6) is -0.708. The van der Waals surface area contributed by atoms with Gasteiger partial charge in [-0.2, -0.15) is 0 Å². The second-order valence-corrected chi connectivity index (χ2v) is 13.0. The molecule has 0 aromatic heterocycles. The van der Waals surface area contributed by atoms with Crippen LogP contribution in [0.15, 0.2) is 45.3 Å². The fraction of sp³-hybridized carbons (Fsp3) is 0.448. The molecular formula is C29H35Br2N5O5. The molecule has 2 aliphatic rings. The maximum Gasteiger partial charge on any atom is 0.408 e. The highest BCUT2D eigenvalue weighted by molar-refractivity contribution is 9.11. The Morgan fingerprint density at radius 1 is 1.10 bits per heavy atom. The maximum absolute atomic E-state index is 13.7. The van der Waals surface area contributed by atoms with E-state index in [0.717, 1.165) is 17.7 Å². The first-order chi connectivity index (χ1) is 19.3. The van der Waals surface area contributed by atoms with E-state index in [9.17, 15) is 19.2 Å². The van der Waals surface area contributed by atoms with Crippen molar-refractivity contribution in [2.45, 2.75) is 64.1 Å². The number of hydrogen-bond acceptors (Lipinski definition) is 6. The van der Waals surface area contributed by atoms with Gasteiger partial charge in [0.25, 0.3) is 0 Å². The second-order valence-electron chi connectivity index (χ2n) is 11.3. The number of urea groups is 1. The summed E-state index contributed by atoms with van der Waals surface area (Å²) in [5, 5.41) is 5.62. The van der Waals surface area contributed by atoms with Gasteiger partial charge < -0.3 is 30.9 Å². The minimum absolute atomic E-state index is 0.0308. The zero-order chi connectivity index (χ0) is 29.9. The first-order valence-electron chi connectivity index (χ1n) is 13.5. The summed E-state index contributed by atoms with van der Waals surface area (Å²) >= 11 is 6.70. The number of rotatable bonds is 6. The zero-order valence-corrected chi connectivity index (χ0v) is 26.5. The molecule has 2 aliphatic heterocycles. The minimum Gasteiger partial charge on any atom is -0.444 e. The Balaban J connectivity index is 1.44. The van der Waals surface area contributed by atoms with Crippen molar-refractivity contribution in [3.05, 3.63) is 56.5 Å². The van der Waals surface area contributed by atoms with Crippen LogP contribution < -0.4 is 16.4 Å². The summed E-state index contributed by atoms with van der Waals surface area (Å²) < 4.78 is 6.46. The van der Waals surface area contributed by atoms with E-state index in [4.69, 9.17) is 10.5 Å². The number of para-hydroxylation sites is 1. The van der Waals surface area contributed by atoms with E-state index in [0.29, 0.717) is 52.7 Å². The van der Waals surface area contributed by atoms with Crippen LogP contribution in [-0.2, 0) is 16.0 Å². The Labute approximate surface area is 256 Å². The molecule has 4 amide bonds. The summed E-state index contributed by atoms with van der Waals surface area (Å²) in [4.78, 5) is 56.0. The number of anilines is 2. The van der Waals surface area contributed by atoms with Gasteiger partial charge in [0.05, 0.1) is 5.69 Å². The number of carbonyl (C=O) groups excluding carboxylic acids is 4. The van der Waals surface area contributed by atoms with Gasteiger partial charge >= 0.3 is 12.1 Å². The Hall–Kier alpha value is -3.12. The Kier molecular flexibility index (Phi) is 9.63. The van der Waals surface area contributed by atoms with E-state index in [1.54, 1.807) is 37.8 Å². The molecule has 1 saturated heterocycles. The second kappa shape index (κ2) is 12.8. The van der Waals surface area contributed by atoms with E-state index in [1.807, 2.05) is 29.2 Å². The molecule has 41 heavy (non-hydrogen) atoms. The zero-order valence-electron chi connectivity index (χ0n) is 23.3. The highest BCUT2D eigenvalue weighted by Crippen LogP contribution is 2.30. The number of nitrogens with zero attached hydrogens (tertiary/aromatic N) is 2. The lowest BCUT2D eigenvalue weighted by molar-refractivity contribution is -0.134. The van der Waals surface area contributed by atoms with Gasteiger partial charge in [0, 0.05) is 52.3 Å². The number of amides is 4. The first-order valence-corrected chi connectivity index (χ1v) is 15.1. The number of fused-ring (bicyclic) bond motifs is 1. The predicted octanol–water partition coefficient (Wildman–Crippen LogP) is 5.34. The monoisotopic (exact) mass is 691 g/mol. The van der Waals surface area contributed by atoms with E-state index in [2.05, 4.69) is 42.5 Å². The molecule has 0 radical (unpaired) electrons. The molecule has 0 unspecified atom stereocenters. The molecule has 4 N–H and O–H groups in total. The molecular weight excluding hydrogens is 658 g/mol. The number of hydrogen-bond donors (Lipinski definition) is 3. The highest BCUT2D eigenvalue weighted by atomic mass is 79.9. The number of benzene rings is 2. The number of nitrogen functional groups attached to an aromatic ring is 1. The van der Waals surface area contributed by atoms with Crippen LogP contribution in [0.5, 0.6) is 0 Å². The first kappa shape index (κ1) is 30.8. The molecule has 0 spiro atoms. The summed E-state index contributed by atoms with van der Waals surface area (Å²) in [6.45, 7) is 6.53. The Morgan fingerprint density at radius 2 is 1.73 bits per heavy atom. The average Bonchev–Trinajstić information content (AvgIpc) is 3.07. The molecule has 2 aromatic carbocycles. The van der Waals surface area contributed by atoms with Gasteiger partial charge in [-0.05, 0) is 95.7 Å². The summed E-state index contributed by atoms with van der Waals surface area (Å²) in [7, 11) is 0. The number of carbonyl (C=O) groups is 4. The molecule has 220 valence electrons. The van der Waals surface area contributed by atoms with E-state index >= 15 is 0 Å². The fourth-order valence-corrected chi connectivity index (χ4v) is 6.24. The van der Waals surface area contributed by atoms with Gasteiger partial charge in [0.1, 0.15) is 11.6 Å². The summed E-state index contributed by atoms with van der Waals surface area (Å²) in [6.07, 6.45) is 0.878. The van der Waals surface area contributed by atoms with Crippen LogP contribution in [0.4, 0.5) is 21.0 Å². The number of piperidine rings is 1. The third kappa shape index (κ3) is 7.79. The SMILES string of the molecule is CC(C)(C)OC(=O)N[C@H](CC(=O)c1cc(Br)c(N)c(Br)c1)C(=O)N1CCC(N2CCc3ccccc3NC2=O)CC1. The smallest absolute Gasteiger partial charge is 0.408 e. The molecule has 12 heteroatoms. The van der Waals surface area contributed by atoms with Crippen molar-refractivity contribution in [3.8, 4) is 0 Å². The molecule has 0 aliphatic carbocycles. The topological polar surface area (TPSA) is 134 Å². The standard InChI is InChI=1S/C29H35Br2N5O5/c1-29(2,3)41-28(40)34-23(16-24(37)18-14-20(30)25(32)21(31)15-18)26(38)35-11-9-19(10-12-35)36-13-8-17-6-4-5-7-22(17)33-27(36)39/h4-7,14-15,19,23H,8-13,16,32H2,1-3H3,(H,33,39)(H,34,40)/t23-/m1/s1. The van der Waals surface area contributed by atoms with Gasteiger partial charge in [-0.15, -0.1) is 0 Å².